The average Bonchev–Trinajstić information content (AvgIpc) is 2.87. The highest BCUT2D eigenvalue weighted by Crippen LogP contribution is 2.30. The summed E-state index contributed by atoms with van der Waals surface area (Å²) >= 11 is 0. The maximum absolute atomic E-state index is 13.2. The second-order valence-electron chi connectivity index (χ2n) is 9.04. The van der Waals surface area contributed by atoms with Gasteiger partial charge in [0.25, 0.3) is 17.4 Å². The second kappa shape index (κ2) is 9.62. The quantitative estimate of drug-likeness (QED) is 0.436. The van der Waals surface area contributed by atoms with E-state index < -0.39 is 0 Å². The van der Waals surface area contributed by atoms with Crippen molar-refractivity contribution in [2.24, 2.45) is 0 Å². The van der Waals surface area contributed by atoms with Gasteiger partial charge in [-0.1, -0.05) is 29.8 Å². The Balaban J connectivity index is 1.37. The lowest BCUT2D eigenvalue weighted by Crippen LogP contribution is -2.35. The van der Waals surface area contributed by atoms with Crippen molar-refractivity contribution in [2.45, 2.75) is 26.7 Å². The van der Waals surface area contributed by atoms with Crippen LogP contribution in [0.1, 0.15) is 44.0 Å². The number of anilines is 2. The molecule has 7 nitrogen and oxygen atoms in total. The third-order valence-electron chi connectivity index (χ3n) is 6.23. The Hall–Kier alpha value is -4.52. The van der Waals surface area contributed by atoms with Crippen molar-refractivity contribution in [3.8, 4) is 11.4 Å². The van der Waals surface area contributed by atoms with E-state index in [0.29, 0.717) is 40.4 Å². The zero-order valence-electron chi connectivity index (χ0n) is 20.2. The van der Waals surface area contributed by atoms with Gasteiger partial charge in [0.2, 0.25) is 0 Å². The van der Waals surface area contributed by atoms with Crippen LogP contribution in [0, 0.1) is 13.8 Å². The van der Waals surface area contributed by atoms with Crippen LogP contribution in [0.2, 0.25) is 0 Å². The molecule has 36 heavy (non-hydrogen) atoms. The lowest BCUT2D eigenvalue weighted by molar-refractivity contribution is 0.0984. The standard InChI is InChI=1S/C29H26N4O3/c1-18-6-3-8-23(14-18)29(36)33-13-5-9-20-16-22(11-12-25(20)33)28(35)31-24-10-4-7-21(17-24)27-30-19(2)15-26(34)32-27/h3-4,6-8,10-12,14-17H,5,9,13H2,1-2H3,(H,31,35)(H,30,32,34). The van der Waals surface area contributed by atoms with Crippen LogP contribution in [0.25, 0.3) is 11.4 Å². The predicted molar refractivity (Wildman–Crippen MR) is 141 cm³/mol. The van der Waals surface area contributed by atoms with Crippen molar-refractivity contribution < 1.29 is 9.59 Å². The highest BCUT2D eigenvalue weighted by atomic mass is 16.2. The molecule has 1 aromatic heterocycles. The summed E-state index contributed by atoms with van der Waals surface area (Å²) < 4.78 is 0. The molecule has 2 heterocycles. The molecule has 4 aromatic rings. The normalized spacial score (nSPS) is 12.7. The maximum atomic E-state index is 13.2. The molecule has 0 fully saturated rings. The summed E-state index contributed by atoms with van der Waals surface area (Å²) in [5.41, 5.74) is 5.73. The van der Waals surface area contributed by atoms with Crippen molar-refractivity contribution in [1.82, 2.24) is 9.97 Å². The number of aryl methyl sites for hydroxylation is 3. The largest absolute Gasteiger partial charge is 0.322 e. The molecule has 0 saturated heterocycles. The van der Waals surface area contributed by atoms with Crippen molar-refractivity contribution >= 4 is 23.2 Å². The molecule has 7 heteroatoms. The molecule has 0 spiro atoms. The van der Waals surface area contributed by atoms with E-state index >= 15 is 0 Å². The molecule has 0 bridgehead atoms. The first-order valence-corrected chi connectivity index (χ1v) is 11.9. The molecule has 180 valence electrons. The van der Waals surface area contributed by atoms with Gasteiger partial charge in [-0.05, 0) is 74.7 Å². The van der Waals surface area contributed by atoms with Crippen LogP contribution < -0.4 is 15.8 Å². The molecule has 0 saturated carbocycles. The molecular formula is C29H26N4O3. The first kappa shape index (κ1) is 23.2. The fourth-order valence-electron chi connectivity index (χ4n) is 4.55. The Labute approximate surface area is 208 Å². The van der Waals surface area contributed by atoms with Gasteiger partial charge in [0.15, 0.2) is 0 Å². The number of amides is 2. The first-order chi connectivity index (χ1) is 17.4. The minimum atomic E-state index is -0.247. The average molecular weight is 479 g/mol. The van der Waals surface area contributed by atoms with Gasteiger partial charge in [-0.3, -0.25) is 14.4 Å². The van der Waals surface area contributed by atoms with E-state index in [1.54, 1.807) is 36.1 Å². The number of hydrogen-bond donors (Lipinski definition) is 2. The summed E-state index contributed by atoms with van der Waals surface area (Å²) in [6, 6.07) is 21.7. The fourth-order valence-corrected chi connectivity index (χ4v) is 4.55. The first-order valence-electron chi connectivity index (χ1n) is 11.9. The summed E-state index contributed by atoms with van der Waals surface area (Å²) in [6.07, 6.45) is 1.63. The molecular weight excluding hydrogens is 452 g/mol. The highest BCUT2D eigenvalue weighted by molar-refractivity contribution is 6.08. The number of aromatic nitrogens is 2. The summed E-state index contributed by atoms with van der Waals surface area (Å²) in [4.78, 5) is 47.0. The van der Waals surface area contributed by atoms with Crippen LogP contribution in [0.3, 0.4) is 0 Å². The van der Waals surface area contributed by atoms with Crippen LogP contribution in [-0.4, -0.2) is 28.3 Å². The van der Waals surface area contributed by atoms with Gasteiger partial charge in [-0.25, -0.2) is 4.98 Å². The minimum Gasteiger partial charge on any atom is -0.322 e. The number of hydrogen-bond acceptors (Lipinski definition) is 4. The SMILES string of the molecule is Cc1cccc(C(=O)N2CCCc3cc(C(=O)Nc4cccc(-c5nc(C)cc(=O)[nH]5)c4)ccc32)c1. The lowest BCUT2D eigenvalue weighted by Gasteiger charge is -2.30. The van der Waals surface area contributed by atoms with E-state index in [-0.39, 0.29) is 17.4 Å². The van der Waals surface area contributed by atoms with E-state index in [1.165, 1.54) is 6.07 Å². The van der Waals surface area contributed by atoms with Crippen molar-refractivity contribution in [3.63, 3.8) is 0 Å². The summed E-state index contributed by atoms with van der Waals surface area (Å²) in [5, 5.41) is 2.93. The van der Waals surface area contributed by atoms with E-state index in [0.717, 1.165) is 29.7 Å². The van der Waals surface area contributed by atoms with Crippen LogP contribution in [0.15, 0.2) is 77.6 Å². The van der Waals surface area contributed by atoms with E-state index in [1.807, 2.05) is 49.4 Å². The number of carbonyl (C=O) groups is 2. The number of carbonyl (C=O) groups excluding carboxylic acids is 2. The van der Waals surface area contributed by atoms with Gasteiger partial charge >= 0.3 is 0 Å². The van der Waals surface area contributed by atoms with Crippen LogP contribution in [-0.2, 0) is 6.42 Å². The van der Waals surface area contributed by atoms with Gasteiger partial charge in [0, 0.05) is 46.4 Å². The van der Waals surface area contributed by atoms with E-state index in [2.05, 4.69) is 15.3 Å². The summed E-state index contributed by atoms with van der Waals surface area (Å²) in [5.74, 6) is 0.169. The molecule has 2 amide bonds. The Bertz CT molecular complexity index is 1540. The van der Waals surface area contributed by atoms with E-state index in [4.69, 9.17) is 0 Å². The molecule has 0 unspecified atom stereocenters. The summed E-state index contributed by atoms with van der Waals surface area (Å²) in [7, 11) is 0. The van der Waals surface area contributed by atoms with Crippen LogP contribution in [0.4, 0.5) is 11.4 Å². The Morgan fingerprint density at radius 1 is 0.944 bits per heavy atom. The maximum Gasteiger partial charge on any atom is 0.258 e. The number of rotatable bonds is 4. The molecule has 2 N–H and O–H groups in total. The number of aromatic amines is 1. The van der Waals surface area contributed by atoms with Gasteiger partial charge in [0.05, 0.1) is 0 Å². The molecule has 3 aromatic carbocycles. The highest BCUT2D eigenvalue weighted by Gasteiger charge is 2.24. The molecule has 5 rings (SSSR count). The Morgan fingerprint density at radius 2 is 1.78 bits per heavy atom. The monoisotopic (exact) mass is 478 g/mol. The third-order valence-corrected chi connectivity index (χ3v) is 6.23. The molecule has 0 aliphatic carbocycles. The topological polar surface area (TPSA) is 95.2 Å². The van der Waals surface area contributed by atoms with Gasteiger partial charge in [0.1, 0.15) is 5.82 Å². The van der Waals surface area contributed by atoms with Crippen molar-refractivity contribution in [2.75, 3.05) is 16.8 Å². The molecule has 1 aliphatic heterocycles. The van der Waals surface area contributed by atoms with E-state index in [9.17, 15) is 14.4 Å². The van der Waals surface area contributed by atoms with Gasteiger partial charge in [-0.2, -0.15) is 0 Å². The van der Waals surface area contributed by atoms with Gasteiger partial charge in [-0.15, -0.1) is 0 Å². The van der Waals surface area contributed by atoms with Crippen molar-refractivity contribution in [3.05, 3.63) is 111 Å². The number of nitrogens with zero attached hydrogens (tertiary/aromatic N) is 2. The predicted octanol–water partition coefficient (Wildman–Crippen LogP) is 4.90. The minimum absolute atomic E-state index is 0.0310. The zero-order chi connectivity index (χ0) is 25.2. The molecule has 0 atom stereocenters. The second-order valence-corrected chi connectivity index (χ2v) is 9.04. The smallest absolute Gasteiger partial charge is 0.258 e. The van der Waals surface area contributed by atoms with Crippen LogP contribution >= 0.6 is 0 Å². The molecule has 1 aliphatic rings. The Morgan fingerprint density at radius 3 is 2.58 bits per heavy atom. The van der Waals surface area contributed by atoms with Crippen molar-refractivity contribution in [1.29, 1.82) is 0 Å². The summed E-state index contributed by atoms with van der Waals surface area (Å²) in [6.45, 7) is 4.38. The third kappa shape index (κ3) is 4.81. The van der Waals surface area contributed by atoms with Crippen LogP contribution in [0.5, 0.6) is 0 Å². The molecule has 0 radical (unpaired) electrons. The fraction of sp³-hybridized carbons (Fsp3) is 0.172. The number of H-pyrrole nitrogens is 1. The Kier molecular flexibility index (Phi) is 6.21. The number of benzene rings is 3. The number of fused-ring (bicyclic) bond motifs is 1. The number of nitrogens with one attached hydrogen (secondary N) is 2. The van der Waals surface area contributed by atoms with Gasteiger partial charge < -0.3 is 15.2 Å². The lowest BCUT2D eigenvalue weighted by atomic mass is 9.98. The zero-order valence-corrected chi connectivity index (χ0v) is 20.2.